The minimum atomic E-state index is -0.196. The van der Waals surface area contributed by atoms with E-state index in [0.29, 0.717) is 5.82 Å². The van der Waals surface area contributed by atoms with E-state index in [1.54, 1.807) is 7.11 Å². The fourth-order valence-corrected chi connectivity index (χ4v) is 2.62. The standard InChI is InChI=1S/C16H19N3O2/c1-21-15-5-3-2-4-14(15)16-17-8-12(9-18-16)10-19-7-6-13(20)11-19/h2-5,8-9,13,20H,6-7,10-11H2,1H3/t13-/m0/s1. The maximum atomic E-state index is 9.54. The quantitative estimate of drug-likeness (QED) is 0.927. The van der Waals surface area contributed by atoms with Crippen molar-refractivity contribution in [3.8, 4) is 17.1 Å². The molecular weight excluding hydrogens is 266 g/mol. The number of para-hydroxylation sites is 1. The van der Waals surface area contributed by atoms with Gasteiger partial charge in [-0.25, -0.2) is 9.97 Å². The number of likely N-dealkylation sites (tertiary alicyclic amines) is 1. The first-order valence-corrected chi connectivity index (χ1v) is 7.11. The third-order valence-electron chi connectivity index (χ3n) is 3.71. The highest BCUT2D eigenvalue weighted by atomic mass is 16.5. The lowest BCUT2D eigenvalue weighted by atomic mass is 10.2. The van der Waals surface area contributed by atoms with Gasteiger partial charge in [0.1, 0.15) is 5.75 Å². The molecule has 1 aromatic carbocycles. The monoisotopic (exact) mass is 285 g/mol. The number of rotatable bonds is 4. The number of aromatic nitrogens is 2. The summed E-state index contributed by atoms with van der Waals surface area (Å²) in [6.07, 6.45) is 4.35. The normalized spacial score (nSPS) is 18.9. The number of hydrogen-bond acceptors (Lipinski definition) is 5. The molecule has 1 N–H and O–H groups in total. The van der Waals surface area contributed by atoms with E-state index in [9.17, 15) is 5.11 Å². The molecule has 1 aromatic heterocycles. The molecule has 0 radical (unpaired) electrons. The Labute approximate surface area is 124 Å². The zero-order valence-electron chi connectivity index (χ0n) is 12.1. The number of aliphatic hydroxyl groups is 1. The first kappa shape index (κ1) is 14.0. The lowest BCUT2D eigenvalue weighted by Gasteiger charge is -2.14. The highest BCUT2D eigenvalue weighted by Gasteiger charge is 2.20. The van der Waals surface area contributed by atoms with Gasteiger partial charge < -0.3 is 9.84 Å². The lowest BCUT2D eigenvalue weighted by molar-refractivity contribution is 0.174. The molecule has 5 heteroatoms. The van der Waals surface area contributed by atoms with Crippen LogP contribution in [0.15, 0.2) is 36.7 Å². The minimum Gasteiger partial charge on any atom is -0.496 e. The topological polar surface area (TPSA) is 58.5 Å². The SMILES string of the molecule is COc1ccccc1-c1ncc(CN2CC[C@H](O)C2)cn1. The first-order chi connectivity index (χ1) is 10.3. The predicted molar refractivity (Wildman–Crippen MR) is 79.9 cm³/mol. The summed E-state index contributed by atoms with van der Waals surface area (Å²) in [7, 11) is 1.64. The van der Waals surface area contributed by atoms with Crippen LogP contribution < -0.4 is 4.74 Å². The van der Waals surface area contributed by atoms with Crippen molar-refractivity contribution in [1.82, 2.24) is 14.9 Å². The Kier molecular flexibility index (Phi) is 4.13. The van der Waals surface area contributed by atoms with E-state index in [-0.39, 0.29) is 6.10 Å². The van der Waals surface area contributed by atoms with Crippen LogP contribution in [0.25, 0.3) is 11.4 Å². The van der Waals surface area contributed by atoms with Crippen LogP contribution in [0.3, 0.4) is 0 Å². The Balaban J connectivity index is 1.74. The number of aliphatic hydroxyl groups excluding tert-OH is 1. The average molecular weight is 285 g/mol. The van der Waals surface area contributed by atoms with Crippen molar-refractivity contribution in [3.63, 3.8) is 0 Å². The summed E-state index contributed by atoms with van der Waals surface area (Å²) in [5.74, 6) is 1.44. The summed E-state index contributed by atoms with van der Waals surface area (Å²) in [5.41, 5.74) is 1.95. The van der Waals surface area contributed by atoms with Gasteiger partial charge in [0.25, 0.3) is 0 Å². The van der Waals surface area contributed by atoms with Crippen LogP contribution in [-0.2, 0) is 6.54 Å². The van der Waals surface area contributed by atoms with E-state index in [1.807, 2.05) is 36.7 Å². The van der Waals surface area contributed by atoms with Gasteiger partial charge in [0.15, 0.2) is 5.82 Å². The van der Waals surface area contributed by atoms with Crippen molar-refractivity contribution >= 4 is 0 Å². The Hall–Kier alpha value is -1.98. The Bertz CT molecular complexity index is 601. The van der Waals surface area contributed by atoms with Gasteiger partial charge >= 0.3 is 0 Å². The molecule has 2 aromatic rings. The minimum absolute atomic E-state index is 0.196. The van der Waals surface area contributed by atoms with E-state index in [2.05, 4.69) is 14.9 Å². The van der Waals surface area contributed by atoms with Crippen molar-refractivity contribution in [1.29, 1.82) is 0 Å². The van der Waals surface area contributed by atoms with Crippen LogP contribution >= 0.6 is 0 Å². The second-order valence-electron chi connectivity index (χ2n) is 5.29. The van der Waals surface area contributed by atoms with Gasteiger partial charge in [-0.05, 0) is 18.6 Å². The van der Waals surface area contributed by atoms with Gasteiger partial charge in [-0.3, -0.25) is 4.90 Å². The third-order valence-corrected chi connectivity index (χ3v) is 3.71. The van der Waals surface area contributed by atoms with Gasteiger partial charge in [-0.2, -0.15) is 0 Å². The summed E-state index contributed by atoms with van der Waals surface area (Å²) in [6, 6.07) is 7.72. The zero-order chi connectivity index (χ0) is 14.7. The van der Waals surface area contributed by atoms with Crippen LogP contribution in [0.5, 0.6) is 5.75 Å². The smallest absolute Gasteiger partial charge is 0.162 e. The predicted octanol–water partition coefficient (Wildman–Crippen LogP) is 1.72. The molecule has 1 atom stereocenters. The molecule has 0 aliphatic carbocycles. The molecule has 1 saturated heterocycles. The van der Waals surface area contributed by atoms with Crippen LogP contribution in [0.4, 0.5) is 0 Å². The molecule has 0 amide bonds. The summed E-state index contributed by atoms with van der Waals surface area (Å²) in [5, 5.41) is 9.54. The highest BCUT2D eigenvalue weighted by molar-refractivity contribution is 5.63. The largest absolute Gasteiger partial charge is 0.496 e. The molecule has 3 rings (SSSR count). The second kappa shape index (κ2) is 6.20. The number of ether oxygens (including phenoxy) is 1. The number of β-amino-alcohol motifs (C(OH)–C–C–N with tert-alkyl or cyclic N) is 1. The van der Waals surface area contributed by atoms with E-state index in [4.69, 9.17) is 4.74 Å². The van der Waals surface area contributed by atoms with Crippen molar-refractivity contribution in [3.05, 3.63) is 42.2 Å². The molecule has 5 nitrogen and oxygen atoms in total. The van der Waals surface area contributed by atoms with E-state index < -0.39 is 0 Å². The van der Waals surface area contributed by atoms with Crippen molar-refractivity contribution in [2.75, 3.05) is 20.2 Å². The van der Waals surface area contributed by atoms with E-state index >= 15 is 0 Å². The molecule has 1 fully saturated rings. The molecular formula is C16H19N3O2. The van der Waals surface area contributed by atoms with Gasteiger partial charge in [-0.1, -0.05) is 12.1 Å². The Morgan fingerprint density at radius 3 is 2.71 bits per heavy atom. The Morgan fingerprint density at radius 2 is 2.05 bits per heavy atom. The Morgan fingerprint density at radius 1 is 1.29 bits per heavy atom. The van der Waals surface area contributed by atoms with Crippen LogP contribution in [0.2, 0.25) is 0 Å². The molecule has 21 heavy (non-hydrogen) atoms. The summed E-state index contributed by atoms with van der Waals surface area (Å²) < 4.78 is 5.33. The number of methoxy groups -OCH3 is 1. The van der Waals surface area contributed by atoms with E-state index in [1.165, 1.54) is 0 Å². The summed E-state index contributed by atoms with van der Waals surface area (Å²) in [6.45, 7) is 2.44. The highest BCUT2D eigenvalue weighted by Crippen LogP contribution is 2.26. The zero-order valence-corrected chi connectivity index (χ0v) is 12.1. The van der Waals surface area contributed by atoms with Crippen molar-refractivity contribution in [2.45, 2.75) is 19.1 Å². The number of nitrogens with zero attached hydrogens (tertiary/aromatic N) is 3. The molecule has 0 bridgehead atoms. The molecule has 1 aliphatic heterocycles. The van der Waals surface area contributed by atoms with Crippen LogP contribution in [-0.4, -0.2) is 46.3 Å². The number of hydrogen-bond donors (Lipinski definition) is 1. The fourth-order valence-electron chi connectivity index (χ4n) is 2.62. The molecule has 0 spiro atoms. The summed E-state index contributed by atoms with van der Waals surface area (Å²) in [4.78, 5) is 11.1. The first-order valence-electron chi connectivity index (χ1n) is 7.11. The average Bonchev–Trinajstić information content (AvgIpc) is 2.93. The van der Waals surface area contributed by atoms with Crippen molar-refractivity contribution in [2.24, 2.45) is 0 Å². The molecule has 0 saturated carbocycles. The fraction of sp³-hybridized carbons (Fsp3) is 0.375. The lowest BCUT2D eigenvalue weighted by Crippen LogP contribution is -2.21. The summed E-state index contributed by atoms with van der Waals surface area (Å²) >= 11 is 0. The third kappa shape index (κ3) is 3.20. The second-order valence-corrected chi connectivity index (χ2v) is 5.29. The molecule has 1 aliphatic rings. The van der Waals surface area contributed by atoms with Crippen molar-refractivity contribution < 1.29 is 9.84 Å². The van der Waals surface area contributed by atoms with Gasteiger partial charge in [0.2, 0.25) is 0 Å². The molecule has 0 unspecified atom stereocenters. The van der Waals surface area contributed by atoms with Gasteiger partial charge in [0, 0.05) is 37.6 Å². The van der Waals surface area contributed by atoms with Crippen LogP contribution in [0, 0.1) is 0 Å². The van der Waals surface area contributed by atoms with E-state index in [0.717, 1.165) is 42.9 Å². The molecule has 2 heterocycles. The van der Waals surface area contributed by atoms with Gasteiger partial charge in [0.05, 0.1) is 18.8 Å². The maximum absolute atomic E-state index is 9.54. The molecule has 110 valence electrons. The maximum Gasteiger partial charge on any atom is 0.162 e. The number of benzene rings is 1. The van der Waals surface area contributed by atoms with Gasteiger partial charge in [-0.15, -0.1) is 0 Å². The van der Waals surface area contributed by atoms with Crippen LogP contribution in [0.1, 0.15) is 12.0 Å².